The van der Waals surface area contributed by atoms with E-state index >= 15 is 0 Å². The van der Waals surface area contributed by atoms with Gasteiger partial charge in [0.1, 0.15) is 11.9 Å². The van der Waals surface area contributed by atoms with Gasteiger partial charge in [-0.15, -0.1) is 0 Å². The lowest BCUT2D eigenvalue weighted by Gasteiger charge is -2.34. The molecule has 2 heterocycles. The first-order valence-electron chi connectivity index (χ1n) is 10.0. The van der Waals surface area contributed by atoms with Crippen LogP contribution in [0.5, 0.6) is 0 Å². The standard InChI is InChI=1S/C24H22FN3O3/c1-16-5-4-7-19(22(16)27-23(29)17-9-11-26-12-10-17)24(30)28-13-14-31-21(15-28)18-6-2-3-8-20(18)25/h2-12,21H,13-15H2,1H3,(H,27,29)/t21-/m1/s1. The predicted octanol–water partition coefficient (Wildman–Crippen LogP) is 4.00. The van der Waals surface area contributed by atoms with Crippen molar-refractivity contribution < 1.29 is 18.7 Å². The number of nitrogens with one attached hydrogen (secondary N) is 1. The minimum atomic E-state index is -0.543. The second kappa shape index (κ2) is 9.06. The van der Waals surface area contributed by atoms with E-state index in [0.29, 0.717) is 35.5 Å². The van der Waals surface area contributed by atoms with Crippen molar-refractivity contribution in [2.24, 2.45) is 0 Å². The number of ether oxygens (including phenoxy) is 1. The molecule has 7 heteroatoms. The molecule has 31 heavy (non-hydrogen) atoms. The van der Waals surface area contributed by atoms with Gasteiger partial charge in [-0.25, -0.2) is 4.39 Å². The van der Waals surface area contributed by atoms with Crippen LogP contribution in [0, 0.1) is 12.7 Å². The van der Waals surface area contributed by atoms with E-state index in [1.54, 1.807) is 47.4 Å². The Hall–Kier alpha value is -3.58. The zero-order valence-electron chi connectivity index (χ0n) is 17.0. The van der Waals surface area contributed by atoms with Gasteiger partial charge in [0.25, 0.3) is 11.8 Å². The van der Waals surface area contributed by atoms with Crippen molar-refractivity contribution in [1.29, 1.82) is 0 Å². The number of morpholine rings is 1. The SMILES string of the molecule is Cc1cccc(C(=O)N2CCO[C@@H](c3ccccc3F)C2)c1NC(=O)c1ccncc1. The lowest BCUT2D eigenvalue weighted by Crippen LogP contribution is -2.42. The van der Waals surface area contributed by atoms with Gasteiger partial charge in [-0.05, 0) is 36.8 Å². The Balaban J connectivity index is 1.58. The van der Waals surface area contributed by atoms with Gasteiger partial charge in [0.15, 0.2) is 0 Å². The second-order valence-corrected chi connectivity index (χ2v) is 7.32. The minimum Gasteiger partial charge on any atom is -0.370 e. The van der Waals surface area contributed by atoms with E-state index in [1.807, 2.05) is 13.0 Å². The highest BCUT2D eigenvalue weighted by Gasteiger charge is 2.29. The molecule has 4 rings (SSSR count). The molecule has 1 aromatic heterocycles. The molecular formula is C24H22FN3O3. The van der Waals surface area contributed by atoms with Gasteiger partial charge in [0, 0.05) is 30.1 Å². The molecule has 0 radical (unpaired) electrons. The van der Waals surface area contributed by atoms with Crippen molar-refractivity contribution in [1.82, 2.24) is 9.88 Å². The number of hydrogen-bond donors (Lipinski definition) is 1. The highest BCUT2D eigenvalue weighted by Crippen LogP contribution is 2.28. The first-order chi connectivity index (χ1) is 15.0. The summed E-state index contributed by atoms with van der Waals surface area (Å²) in [6.07, 6.45) is 2.53. The van der Waals surface area contributed by atoms with E-state index < -0.39 is 6.10 Å². The molecule has 1 fully saturated rings. The van der Waals surface area contributed by atoms with E-state index in [9.17, 15) is 14.0 Å². The van der Waals surface area contributed by atoms with Crippen LogP contribution in [0.15, 0.2) is 67.0 Å². The lowest BCUT2D eigenvalue weighted by molar-refractivity contribution is -0.0242. The Morgan fingerprint density at radius 1 is 1.10 bits per heavy atom. The Morgan fingerprint density at radius 2 is 1.87 bits per heavy atom. The molecule has 0 aliphatic carbocycles. The van der Waals surface area contributed by atoms with Crippen LogP contribution in [0.4, 0.5) is 10.1 Å². The summed E-state index contributed by atoms with van der Waals surface area (Å²) in [7, 11) is 0. The minimum absolute atomic E-state index is 0.228. The van der Waals surface area contributed by atoms with Crippen LogP contribution < -0.4 is 5.32 Å². The quantitative estimate of drug-likeness (QED) is 0.694. The second-order valence-electron chi connectivity index (χ2n) is 7.32. The van der Waals surface area contributed by atoms with Gasteiger partial charge in [-0.2, -0.15) is 0 Å². The average Bonchev–Trinajstić information content (AvgIpc) is 2.81. The number of anilines is 1. The number of carbonyl (C=O) groups excluding carboxylic acids is 2. The van der Waals surface area contributed by atoms with Gasteiger partial charge in [0.05, 0.1) is 24.4 Å². The third kappa shape index (κ3) is 4.46. The summed E-state index contributed by atoms with van der Waals surface area (Å²) >= 11 is 0. The third-order valence-corrected chi connectivity index (χ3v) is 5.29. The molecule has 1 N–H and O–H groups in total. The molecule has 2 aromatic carbocycles. The maximum atomic E-state index is 14.2. The summed E-state index contributed by atoms with van der Waals surface area (Å²) in [5.74, 6) is -0.919. The van der Waals surface area contributed by atoms with Crippen LogP contribution in [-0.4, -0.2) is 41.4 Å². The monoisotopic (exact) mass is 419 g/mol. The zero-order valence-corrected chi connectivity index (χ0v) is 17.0. The zero-order chi connectivity index (χ0) is 21.8. The highest BCUT2D eigenvalue weighted by molar-refractivity contribution is 6.09. The summed E-state index contributed by atoms with van der Waals surface area (Å²) < 4.78 is 19.9. The highest BCUT2D eigenvalue weighted by atomic mass is 19.1. The number of benzene rings is 2. The summed E-state index contributed by atoms with van der Waals surface area (Å²) in [4.78, 5) is 31.6. The fourth-order valence-corrected chi connectivity index (χ4v) is 3.63. The number of rotatable bonds is 4. The van der Waals surface area contributed by atoms with Crippen molar-refractivity contribution in [3.8, 4) is 0 Å². The molecule has 1 saturated heterocycles. The first kappa shape index (κ1) is 20.7. The number of para-hydroxylation sites is 1. The van der Waals surface area contributed by atoms with Gasteiger partial charge in [-0.3, -0.25) is 14.6 Å². The molecular weight excluding hydrogens is 397 g/mol. The largest absolute Gasteiger partial charge is 0.370 e. The van der Waals surface area contributed by atoms with Crippen LogP contribution in [0.3, 0.4) is 0 Å². The third-order valence-electron chi connectivity index (χ3n) is 5.29. The van der Waals surface area contributed by atoms with Gasteiger partial charge < -0.3 is 15.0 Å². The van der Waals surface area contributed by atoms with Crippen LogP contribution in [0.2, 0.25) is 0 Å². The molecule has 0 spiro atoms. The molecule has 0 saturated carbocycles. The Morgan fingerprint density at radius 3 is 2.65 bits per heavy atom. The number of aromatic nitrogens is 1. The van der Waals surface area contributed by atoms with E-state index in [0.717, 1.165) is 5.56 Å². The van der Waals surface area contributed by atoms with Crippen molar-refractivity contribution in [3.63, 3.8) is 0 Å². The van der Waals surface area contributed by atoms with Gasteiger partial charge in [0.2, 0.25) is 0 Å². The number of aryl methyl sites for hydroxylation is 1. The number of halogens is 1. The maximum absolute atomic E-state index is 14.2. The normalized spacial score (nSPS) is 16.1. The summed E-state index contributed by atoms with van der Waals surface area (Å²) in [6.45, 7) is 2.75. The summed E-state index contributed by atoms with van der Waals surface area (Å²) in [6, 6.07) is 14.9. The molecule has 1 atom stereocenters. The number of carbonyl (C=O) groups is 2. The van der Waals surface area contributed by atoms with Crippen molar-refractivity contribution in [3.05, 3.63) is 95.1 Å². The van der Waals surface area contributed by atoms with E-state index in [4.69, 9.17) is 4.74 Å². The van der Waals surface area contributed by atoms with Crippen LogP contribution in [0.25, 0.3) is 0 Å². The molecule has 6 nitrogen and oxygen atoms in total. The first-order valence-corrected chi connectivity index (χ1v) is 10.0. The number of hydrogen-bond acceptors (Lipinski definition) is 4. The van der Waals surface area contributed by atoms with Crippen LogP contribution in [-0.2, 0) is 4.74 Å². The van der Waals surface area contributed by atoms with Crippen LogP contribution >= 0.6 is 0 Å². The molecule has 0 unspecified atom stereocenters. The Kier molecular flexibility index (Phi) is 6.04. The van der Waals surface area contributed by atoms with Crippen molar-refractivity contribution in [2.75, 3.05) is 25.0 Å². The fraction of sp³-hybridized carbons (Fsp3) is 0.208. The molecule has 1 aliphatic heterocycles. The van der Waals surface area contributed by atoms with Crippen molar-refractivity contribution in [2.45, 2.75) is 13.0 Å². The number of amides is 2. The molecule has 3 aromatic rings. The van der Waals surface area contributed by atoms with Gasteiger partial charge >= 0.3 is 0 Å². The number of pyridine rings is 1. The maximum Gasteiger partial charge on any atom is 0.256 e. The predicted molar refractivity (Wildman–Crippen MR) is 114 cm³/mol. The summed E-state index contributed by atoms with van der Waals surface area (Å²) in [5.41, 5.74) is 2.49. The average molecular weight is 419 g/mol. The van der Waals surface area contributed by atoms with E-state index in [2.05, 4.69) is 10.3 Å². The number of nitrogens with zero attached hydrogens (tertiary/aromatic N) is 2. The Bertz CT molecular complexity index is 1100. The molecule has 158 valence electrons. The van der Waals surface area contributed by atoms with Gasteiger partial charge in [-0.1, -0.05) is 30.3 Å². The summed E-state index contributed by atoms with van der Waals surface area (Å²) in [5, 5.41) is 2.86. The Labute approximate surface area is 179 Å². The molecule has 2 amide bonds. The van der Waals surface area contributed by atoms with E-state index in [-0.39, 0.29) is 24.2 Å². The topological polar surface area (TPSA) is 71.5 Å². The van der Waals surface area contributed by atoms with Crippen LogP contribution in [0.1, 0.15) is 37.9 Å². The lowest BCUT2D eigenvalue weighted by atomic mass is 10.0. The van der Waals surface area contributed by atoms with E-state index in [1.165, 1.54) is 18.5 Å². The fourth-order valence-electron chi connectivity index (χ4n) is 3.63. The molecule has 1 aliphatic rings. The smallest absolute Gasteiger partial charge is 0.256 e. The molecule has 0 bridgehead atoms. The van der Waals surface area contributed by atoms with Crippen molar-refractivity contribution >= 4 is 17.5 Å².